The van der Waals surface area contributed by atoms with Crippen molar-refractivity contribution < 1.29 is 23.9 Å². The summed E-state index contributed by atoms with van der Waals surface area (Å²) in [5.41, 5.74) is 6.10. The maximum absolute atomic E-state index is 13.4. The second-order valence-electron chi connectivity index (χ2n) is 7.93. The van der Waals surface area contributed by atoms with Gasteiger partial charge in [0, 0.05) is 18.5 Å². The van der Waals surface area contributed by atoms with E-state index in [0.29, 0.717) is 30.8 Å². The van der Waals surface area contributed by atoms with Gasteiger partial charge in [-0.1, -0.05) is 30.3 Å². The van der Waals surface area contributed by atoms with Gasteiger partial charge in [-0.2, -0.15) is 0 Å². The van der Waals surface area contributed by atoms with Gasteiger partial charge in [-0.05, 0) is 36.6 Å². The molecule has 2 heterocycles. The van der Waals surface area contributed by atoms with E-state index in [2.05, 4.69) is 0 Å². The van der Waals surface area contributed by atoms with E-state index in [-0.39, 0.29) is 11.9 Å². The summed E-state index contributed by atoms with van der Waals surface area (Å²) in [6.45, 7) is 0.921. The number of fused-ring (bicyclic) bond motifs is 2. The summed E-state index contributed by atoms with van der Waals surface area (Å²) >= 11 is 0. The van der Waals surface area contributed by atoms with E-state index in [4.69, 9.17) is 15.2 Å². The van der Waals surface area contributed by atoms with Crippen molar-refractivity contribution in [1.29, 1.82) is 0 Å². The lowest BCUT2D eigenvalue weighted by Crippen LogP contribution is -2.40. The highest BCUT2D eigenvalue weighted by Crippen LogP contribution is 2.52. The molecule has 2 fully saturated rings. The molecule has 7 nitrogen and oxygen atoms in total. The minimum atomic E-state index is -0.872. The van der Waals surface area contributed by atoms with Gasteiger partial charge >= 0.3 is 12.1 Å². The normalized spacial score (nSPS) is 23.6. The molecule has 1 spiro atoms. The fourth-order valence-electron chi connectivity index (χ4n) is 4.62. The van der Waals surface area contributed by atoms with Crippen LogP contribution in [0.5, 0.6) is 5.75 Å². The Labute approximate surface area is 167 Å². The van der Waals surface area contributed by atoms with Crippen molar-refractivity contribution in [3.05, 3.63) is 65.2 Å². The zero-order chi connectivity index (χ0) is 20.2. The molecule has 2 aliphatic heterocycles. The molecule has 1 saturated carbocycles. The molecule has 1 aliphatic carbocycles. The molecule has 0 aromatic heterocycles. The maximum atomic E-state index is 13.4. The first-order chi connectivity index (χ1) is 13.9. The third-order valence-electron chi connectivity index (χ3n) is 6.23. The van der Waals surface area contributed by atoms with Crippen molar-refractivity contribution in [2.24, 2.45) is 5.73 Å². The van der Waals surface area contributed by atoms with Gasteiger partial charge < -0.3 is 20.1 Å². The molecule has 3 aliphatic rings. The predicted octanol–water partition coefficient (Wildman–Crippen LogP) is 2.47. The number of benzene rings is 2. The number of primary amides is 1. The molecule has 2 aromatic rings. The quantitative estimate of drug-likeness (QED) is 0.809. The third-order valence-corrected chi connectivity index (χ3v) is 6.23. The lowest BCUT2D eigenvalue weighted by molar-refractivity contribution is -0.134. The van der Waals surface area contributed by atoms with Gasteiger partial charge in [-0.15, -0.1) is 0 Å². The second kappa shape index (κ2) is 6.07. The van der Waals surface area contributed by atoms with Crippen LogP contribution < -0.4 is 10.5 Å². The average Bonchev–Trinajstić information content (AvgIpc) is 3.34. The van der Waals surface area contributed by atoms with Crippen LogP contribution in [-0.2, 0) is 20.5 Å². The number of amides is 2. The van der Waals surface area contributed by atoms with Crippen molar-refractivity contribution in [3.8, 4) is 5.75 Å². The van der Waals surface area contributed by atoms with Crippen molar-refractivity contribution >= 4 is 18.0 Å². The van der Waals surface area contributed by atoms with Gasteiger partial charge in [0.15, 0.2) is 5.60 Å². The highest BCUT2D eigenvalue weighted by atomic mass is 16.6. The zero-order valence-electron chi connectivity index (χ0n) is 15.7. The van der Waals surface area contributed by atoms with E-state index in [0.717, 1.165) is 24.0 Å². The Morgan fingerprint density at radius 1 is 1.03 bits per heavy atom. The second-order valence-corrected chi connectivity index (χ2v) is 7.93. The van der Waals surface area contributed by atoms with E-state index in [9.17, 15) is 14.4 Å². The van der Waals surface area contributed by atoms with Crippen molar-refractivity contribution in [2.45, 2.75) is 30.3 Å². The molecule has 2 N–H and O–H groups in total. The summed E-state index contributed by atoms with van der Waals surface area (Å²) in [6.07, 6.45) is 1.26. The zero-order valence-corrected chi connectivity index (χ0v) is 15.7. The maximum Gasteiger partial charge on any atom is 0.409 e. The summed E-state index contributed by atoms with van der Waals surface area (Å²) in [7, 11) is 0. The van der Waals surface area contributed by atoms with E-state index < -0.39 is 17.1 Å². The highest BCUT2D eigenvalue weighted by molar-refractivity contribution is 5.96. The van der Waals surface area contributed by atoms with Crippen LogP contribution in [-0.4, -0.2) is 36.0 Å². The molecule has 7 heteroatoms. The Balaban J connectivity index is 1.37. The monoisotopic (exact) mass is 392 g/mol. The van der Waals surface area contributed by atoms with E-state index >= 15 is 0 Å². The van der Waals surface area contributed by atoms with Gasteiger partial charge in [0.05, 0.1) is 17.5 Å². The Morgan fingerprint density at radius 3 is 2.45 bits per heavy atom. The number of hydrogen-bond acceptors (Lipinski definition) is 5. The Morgan fingerprint density at radius 2 is 1.76 bits per heavy atom. The van der Waals surface area contributed by atoms with Crippen LogP contribution in [0.2, 0.25) is 0 Å². The van der Waals surface area contributed by atoms with Gasteiger partial charge in [0.2, 0.25) is 5.91 Å². The number of nitrogens with zero attached hydrogens (tertiary/aromatic N) is 1. The summed E-state index contributed by atoms with van der Waals surface area (Å²) in [6, 6.07) is 14.3. The number of carbonyl (C=O) groups is 3. The van der Waals surface area contributed by atoms with Gasteiger partial charge in [-0.25, -0.2) is 9.59 Å². The molecule has 0 unspecified atom stereocenters. The molecule has 2 amide bonds. The largest absolute Gasteiger partial charge is 0.449 e. The number of likely N-dealkylation sites (tertiary alicyclic amines) is 1. The number of carbonyl (C=O) groups excluding carboxylic acids is 3. The molecule has 148 valence electrons. The standard InChI is InChI=1S/C22H20N2O5/c23-20(27)28-15-7-5-14(6-8-15)21(9-10-21)19(26)24-12-11-22(13-24)17-4-2-1-3-16(17)18(25)29-22/h1-8H,9-13H2,(H2,23,27)/t22-/m0/s1. The SMILES string of the molecule is NC(=O)Oc1ccc(C2(C(=O)N3CC[C@@]4(C3)OC(=O)c3ccccc34)CC2)cc1. The number of esters is 1. The molecule has 1 atom stereocenters. The highest BCUT2D eigenvalue weighted by Gasteiger charge is 2.57. The third kappa shape index (κ3) is 2.68. The smallest absolute Gasteiger partial charge is 0.409 e. The molecule has 5 rings (SSSR count). The van der Waals surface area contributed by atoms with E-state index in [1.165, 1.54) is 0 Å². The molecular formula is C22H20N2O5. The average molecular weight is 392 g/mol. The van der Waals surface area contributed by atoms with Gasteiger partial charge in [-0.3, -0.25) is 4.79 Å². The first-order valence-corrected chi connectivity index (χ1v) is 9.64. The van der Waals surface area contributed by atoms with Gasteiger partial charge in [0.25, 0.3) is 0 Å². The summed E-state index contributed by atoms with van der Waals surface area (Å²) in [4.78, 5) is 38.4. The minimum Gasteiger partial charge on any atom is -0.449 e. The summed E-state index contributed by atoms with van der Waals surface area (Å²) in [5.74, 6) is 0.0820. The number of hydrogen-bond donors (Lipinski definition) is 1. The fraction of sp³-hybridized carbons (Fsp3) is 0.318. The number of nitrogens with two attached hydrogens (primary N) is 1. The van der Waals surface area contributed by atoms with Crippen molar-refractivity contribution in [2.75, 3.05) is 13.1 Å². The van der Waals surface area contributed by atoms with Crippen LogP contribution in [0, 0.1) is 0 Å². The molecule has 0 bridgehead atoms. The lowest BCUT2D eigenvalue weighted by atomic mass is 9.91. The van der Waals surface area contributed by atoms with Gasteiger partial charge in [0.1, 0.15) is 5.75 Å². The fourth-order valence-corrected chi connectivity index (χ4v) is 4.62. The van der Waals surface area contributed by atoms with Crippen LogP contribution in [0.1, 0.15) is 40.7 Å². The first kappa shape index (κ1) is 17.7. The first-order valence-electron chi connectivity index (χ1n) is 9.64. The molecule has 2 aromatic carbocycles. The number of ether oxygens (including phenoxy) is 2. The van der Waals surface area contributed by atoms with Crippen LogP contribution in [0.3, 0.4) is 0 Å². The van der Waals surface area contributed by atoms with E-state index in [1.807, 2.05) is 23.1 Å². The van der Waals surface area contributed by atoms with Crippen LogP contribution in [0.25, 0.3) is 0 Å². The molecule has 0 radical (unpaired) electrons. The summed E-state index contributed by atoms with van der Waals surface area (Å²) < 4.78 is 10.6. The Bertz CT molecular complexity index is 1030. The Hall–Kier alpha value is -3.35. The van der Waals surface area contributed by atoms with Crippen LogP contribution >= 0.6 is 0 Å². The molecule has 29 heavy (non-hydrogen) atoms. The number of rotatable bonds is 3. The summed E-state index contributed by atoms with van der Waals surface area (Å²) in [5, 5.41) is 0. The van der Waals surface area contributed by atoms with Crippen molar-refractivity contribution in [1.82, 2.24) is 4.90 Å². The molecular weight excluding hydrogens is 372 g/mol. The van der Waals surface area contributed by atoms with Crippen LogP contribution in [0.4, 0.5) is 4.79 Å². The van der Waals surface area contributed by atoms with E-state index in [1.54, 1.807) is 30.3 Å². The topological polar surface area (TPSA) is 98.9 Å². The minimum absolute atomic E-state index is 0.0541. The van der Waals surface area contributed by atoms with Crippen molar-refractivity contribution in [3.63, 3.8) is 0 Å². The molecule has 1 saturated heterocycles. The van der Waals surface area contributed by atoms with Crippen LogP contribution in [0.15, 0.2) is 48.5 Å². The Kier molecular flexibility index (Phi) is 3.71. The predicted molar refractivity (Wildman–Crippen MR) is 102 cm³/mol. The lowest BCUT2D eigenvalue weighted by Gasteiger charge is -2.27.